The minimum Gasteiger partial charge on any atom is -0.457 e. The summed E-state index contributed by atoms with van der Waals surface area (Å²) in [6, 6.07) is 0. The summed E-state index contributed by atoms with van der Waals surface area (Å²) in [5, 5.41) is 32.1. The summed E-state index contributed by atoms with van der Waals surface area (Å²) in [5.74, 6) is -1.59. The number of allylic oxidation sites excluding steroid dienone is 2. The highest BCUT2D eigenvalue weighted by Crippen LogP contribution is 2.37. The van der Waals surface area contributed by atoms with Gasteiger partial charge in [-0.05, 0) is 51.7 Å². The first-order valence-corrected chi connectivity index (χ1v) is 19.2. The number of aliphatic hydroxyl groups is 3. The first kappa shape index (κ1) is 43.3. The Balaban J connectivity index is 1.42. The van der Waals surface area contributed by atoms with Crippen LogP contribution in [0, 0.1) is 11.8 Å². The van der Waals surface area contributed by atoms with E-state index in [1.165, 1.54) is 24.2 Å². The summed E-state index contributed by atoms with van der Waals surface area (Å²) in [4.78, 5) is 55.2. The van der Waals surface area contributed by atoms with Gasteiger partial charge in [0.1, 0.15) is 11.7 Å². The maximum atomic E-state index is 13.5. The molecule has 4 aliphatic rings. The highest BCUT2D eigenvalue weighted by molar-refractivity contribution is 6.12. The van der Waals surface area contributed by atoms with Gasteiger partial charge in [0.15, 0.2) is 6.10 Å². The first-order chi connectivity index (χ1) is 25.5. The number of amides is 3. The van der Waals surface area contributed by atoms with Gasteiger partial charge < -0.3 is 39.2 Å². The third-order valence-electron chi connectivity index (χ3n) is 11.2. The van der Waals surface area contributed by atoms with E-state index in [4.69, 9.17) is 18.9 Å². The van der Waals surface area contributed by atoms with Gasteiger partial charge in [0.05, 0.1) is 36.4 Å². The molecule has 0 radical (unpaired) electrons. The molecule has 2 fully saturated rings. The van der Waals surface area contributed by atoms with Crippen LogP contribution in [0.5, 0.6) is 0 Å². The molecule has 3 N–H and O–H groups in total. The molecule has 0 aromatic carbocycles. The second-order valence-corrected chi connectivity index (χ2v) is 15.7. The molecule has 4 rings (SSSR count). The fourth-order valence-electron chi connectivity index (χ4n) is 7.24. The van der Waals surface area contributed by atoms with E-state index in [2.05, 4.69) is 4.90 Å². The van der Waals surface area contributed by atoms with Crippen molar-refractivity contribution >= 4 is 23.9 Å². The smallest absolute Gasteiger partial charge is 0.410 e. The van der Waals surface area contributed by atoms with Crippen LogP contribution >= 0.6 is 0 Å². The number of piperazine rings is 1. The molecule has 4 aliphatic heterocycles. The topological polar surface area (TPSA) is 179 Å². The number of imide groups is 1. The summed E-state index contributed by atoms with van der Waals surface area (Å²) in [6.07, 6.45) is 8.79. The summed E-state index contributed by atoms with van der Waals surface area (Å²) < 4.78 is 23.7. The van der Waals surface area contributed by atoms with Gasteiger partial charge in [-0.15, -0.1) is 0 Å². The van der Waals surface area contributed by atoms with Crippen LogP contribution in [-0.4, -0.2) is 148 Å². The second-order valence-electron chi connectivity index (χ2n) is 15.7. The third kappa shape index (κ3) is 11.8. The van der Waals surface area contributed by atoms with E-state index in [9.17, 15) is 34.5 Å². The maximum Gasteiger partial charge on any atom is 0.410 e. The molecule has 0 unspecified atom stereocenters. The fraction of sp³-hybridized carbons (Fsp3) is 0.700. The number of carbonyl (C=O) groups excluding carboxylic acids is 4. The number of hydrogen-bond donors (Lipinski definition) is 3. The maximum absolute atomic E-state index is 13.5. The molecule has 10 atom stereocenters. The van der Waals surface area contributed by atoms with Crippen molar-refractivity contribution in [2.75, 3.05) is 46.4 Å². The molecular weight excluding hydrogens is 698 g/mol. The Morgan fingerprint density at radius 2 is 1.80 bits per heavy atom. The number of epoxide rings is 1. The quantitative estimate of drug-likeness (QED) is 0.0824. The van der Waals surface area contributed by atoms with E-state index in [1.807, 2.05) is 40.7 Å². The molecule has 14 nitrogen and oxygen atoms in total. The monoisotopic (exact) mass is 759 g/mol. The Bertz CT molecular complexity index is 1430. The number of ether oxygens (including phenoxy) is 4. The van der Waals surface area contributed by atoms with Gasteiger partial charge in [0.2, 0.25) is 0 Å². The van der Waals surface area contributed by atoms with Crippen molar-refractivity contribution in [3.05, 3.63) is 48.1 Å². The van der Waals surface area contributed by atoms with Crippen LogP contribution in [0.15, 0.2) is 48.1 Å². The number of carbonyl (C=O) groups is 4. The van der Waals surface area contributed by atoms with E-state index in [0.717, 1.165) is 0 Å². The average Bonchev–Trinajstić information content (AvgIpc) is 3.82. The molecule has 14 heteroatoms. The van der Waals surface area contributed by atoms with Gasteiger partial charge in [0, 0.05) is 76.8 Å². The van der Waals surface area contributed by atoms with Crippen molar-refractivity contribution in [3.8, 4) is 0 Å². The van der Waals surface area contributed by atoms with Crippen LogP contribution in [0.1, 0.15) is 73.6 Å². The summed E-state index contributed by atoms with van der Waals surface area (Å²) in [6.45, 7) is 13.8. The summed E-state index contributed by atoms with van der Waals surface area (Å²) in [7, 11) is 1.52. The molecule has 0 aromatic rings. The molecule has 4 heterocycles. The highest BCUT2D eigenvalue weighted by atomic mass is 16.6. The number of methoxy groups -OCH3 is 1. The van der Waals surface area contributed by atoms with Crippen LogP contribution in [0.2, 0.25) is 0 Å². The minimum absolute atomic E-state index is 0.0243. The van der Waals surface area contributed by atoms with Gasteiger partial charge in [-0.25, -0.2) is 4.79 Å². The normalized spacial score (nSPS) is 33.1. The van der Waals surface area contributed by atoms with Crippen molar-refractivity contribution in [1.82, 2.24) is 14.7 Å². The molecule has 0 spiro atoms. The SMILES string of the molecule is CC[C@H](O)[C@@H](C)[C@H]1O[C@@H]1C[C@@](C)(O)/C=C/C=C(\C)[C@H]1OC(=O)C[C@H](O)CC[C@@](C)(OC)[C@@H](OC(=O)N2CCN(CCN3C(=O)C=CC3=O)CC2)/C=C\[C@@H]1C. The van der Waals surface area contributed by atoms with Crippen LogP contribution in [0.25, 0.3) is 0 Å². The molecule has 0 aromatic heterocycles. The van der Waals surface area contributed by atoms with Gasteiger partial charge in [-0.1, -0.05) is 45.1 Å². The average molecular weight is 760 g/mol. The minimum atomic E-state index is -1.17. The van der Waals surface area contributed by atoms with Crippen molar-refractivity contribution in [1.29, 1.82) is 0 Å². The van der Waals surface area contributed by atoms with Gasteiger partial charge in [-0.3, -0.25) is 24.2 Å². The van der Waals surface area contributed by atoms with Crippen molar-refractivity contribution in [3.63, 3.8) is 0 Å². The van der Waals surface area contributed by atoms with Crippen molar-refractivity contribution < 1.29 is 53.4 Å². The van der Waals surface area contributed by atoms with Crippen molar-refractivity contribution in [2.24, 2.45) is 11.8 Å². The van der Waals surface area contributed by atoms with Gasteiger partial charge >= 0.3 is 12.1 Å². The van der Waals surface area contributed by atoms with Gasteiger partial charge in [0.25, 0.3) is 11.8 Å². The lowest BCUT2D eigenvalue weighted by Crippen LogP contribution is -2.52. The largest absolute Gasteiger partial charge is 0.457 e. The first-order valence-electron chi connectivity index (χ1n) is 19.2. The molecule has 2 saturated heterocycles. The highest BCUT2D eigenvalue weighted by Gasteiger charge is 2.47. The Kier molecular flexibility index (Phi) is 15.2. The lowest BCUT2D eigenvalue weighted by molar-refractivity contribution is -0.151. The van der Waals surface area contributed by atoms with E-state index in [-0.39, 0.29) is 55.2 Å². The molecule has 3 amide bonds. The number of aliphatic hydroxyl groups excluding tert-OH is 2. The lowest BCUT2D eigenvalue weighted by atomic mass is 9.88. The van der Waals surface area contributed by atoms with Crippen LogP contribution in [0.3, 0.4) is 0 Å². The van der Waals surface area contributed by atoms with E-state index >= 15 is 0 Å². The molecule has 0 aliphatic carbocycles. The standard InChI is InChI=1S/C40H61N3O11/c1-8-30(45)28(4)37-31(52-37)25-39(5,50)16-9-10-26(2)36-27(3)11-12-32(40(6,51-7)17-15-29(44)24-35(48)54-36)53-38(49)42-21-18-41(19-22-42)20-23-43-33(46)13-14-34(43)47/h9-14,16,27-32,36-37,44-45,50H,8,15,17-25H2,1-7H3/b12-11-,16-9+,26-10+/t27-,28+,29+,30-,31+,32-,36+,37+,39-,40+/m0/s1. The second kappa shape index (κ2) is 19.0. The zero-order chi connectivity index (χ0) is 39.8. The summed E-state index contributed by atoms with van der Waals surface area (Å²) >= 11 is 0. The van der Waals surface area contributed by atoms with E-state index < -0.39 is 47.7 Å². The zero-order valence-corrected chi connectivity index (χ0v) is 32.9. The fourth-order valence-corrected chi connectivity index (χ4v) is 7.24. The van der Waals surface area contributed by atoms with Gasteiger partial charge in [-0.2, -0.15) is 0 Å². The number of rotatable bonds is 13. The van der Waals surface area contributed by atoms with E-state index in [1.54, 1.807) is 36.1 Å². The molecular formula is C40H61N3O11. The number of cyclic esters (lactones) is 1. The molecule has 0 saturated carbocycles. The van der Waals surface area contributed by atoms with Crippen LogP contribution in [-0.2, 0) is 33.3 Å². The molecule has 0 bridgehead atoms. The summed E-state index contributed by atoms with van der Waals surface area (Å²) in [5.41, 5.74) is -1.49. The molecule has 302 valence electrons. The Hall–Kier alpha value is -3.40. The Morgan fingerprint density at radius 1 is 1.13 bits per heavy atom. The van der Waals surface area contributed by atoms with Crippen molar-refractivity contribution in [2.45, 2.75) is 121 Å². The Labute approximate surface area is 319 Å². The third-order valence-corrected chi connectivity index (χ3v) is 11.2. The number of esters is 1. The predicted molar refractivity (Wildman–Crippen MR) is 200 cm³/mol. The van der Waals surface area contributed by atoms with Crippen LogP contribution in [0.4, 0.5) is 4.79 Å². The molecule has 54 heavy (non-hydrogen) atoms. The zero-order valence-electron chi connectivity index (χ0n) is 32.9. The Morgan fingerprint density at radius 3 is 2.43 bits per heavy atom. The van der Waals surface area contributed by atoms with E-state index in [0.29, 0.717) is 57.6 Å². The lowest BCUT2D eigenvalue weighted by Gasteiger charge is -2.39. The van der Waals surface area contributed by atoms with Crippen LogP contribution < -0.4 is 0 Å². The number of hydrogen-bond acceptors (Lipinski definition) is 12. The predicted octanol–water partition coefficient (Wildman–Crippen LogP) is 2.91. The number of nitrogens with zero attached hydrogens (tertiary/aromatic N) is 3.